The number of halogens is 1. The summed E-state index contributed by atoms with van der Waals surface area (Å²) in [5.41, 5.74) is 1.61. The quantitative estimate of drug-likeness (QED) is 0.810. The number of hydrogen-bond acceptors (Lipinski definition) is 5. The molecule has 7 heteroatoms. The average molecular weight is 397 g/mol. The number of nitrogens with one attached hydrogen (secondary N) is 1. The van der Waals surface area contributed by atoms with Crippen molar-refractivity contribution in [1.82, 2.24) is 14.6 Å². The molecular weight excluding hydrogens is 372 g/mol. The highest BCUT2D eigenvalue weighted by atomic mass is 79.9. The first kappa shape index (κ1) is 17.6. The fourth-order valence-electron chi connectivity index (χ4n) is 3.38. The molecule has 3 rings (SSSR count). The molecule has 24 heavy (non-hydrogen) atoms. The first-order chi connectivity index (χ1) is 11.4. The van der Waals surface area contributed by atoms with E-state index in [1.165, 1.54) is 5.69 Å². The molecule has 2 heterocycles. The van der Waals surface area contributed by atoms with Gasteiger partial charge in [-0.05, 0) is 61.5 Å². The number of fused-ring (bicyclic) bond motifs is 1. The number of aromatic nitrogens is 3. The summed E-state index contributed by atoms with van der Waals surface area (Å²) in [5.74, 6) is 1.00. The number of methoxy groups -OCH3 is 1. The molecule has 0 saturated heterocycles. The molecule has 0 amide bonds. The molecule has 0 bridgehead atoms. The summed E-state index contributed by atoms with van der Waals surface area (Å²) in [6.45, 7) is 4.56. The molecule has 1 aliphatic rings. The minimum absolute atomic E-state index is 0.139. The third kappa shape index (κ3) is 3.73. The van der Waals surface area contributed by atoms with Gasteiger partial charge in [-0.15, -0.1) is 5.10 Å². The maximum Gasteiger partial charge on any atom is 0.241 e. The van der Waals surface area contributed by atoms with Crippen molar-refractivity contribution in [2.24, 2.45) is 0 Å². The fraction of sp³-hybridized carbons (Fsp3) is 0.647. The lowest BCUT2D eigenvalue weighted by atomic mass is 9.79. The Hall–Kier alpha value is -1.18. The van der Waals surface area contributed by atoms with Gasteiger partial charge in [0.15, 0.2) is 0 Å². The SMILES string of the molecule is COCC(C)Nc1ncc2c(Br)cc(C3CCC(C)(O)CC3)n2n1. The number of anilines is 1. The van der Waals surface area contributed by atoms with Gasteiger partial charge in [-0.3, -0.25) is 0 Å². The predicted molar refractivity (Wildman–Crippen MR) is 97.5 cm³/mol. The van der Waals surface area contributed by atoms with Crippen LogP contribution >= 0.6 is 15.9 Å². The van der Waals surface area contributed by atoms with Gasteiger partial charge in [0.25, 0.3) is 0 Å². The monoisotopic (exact) mass is 396 g/mol. The van der Waals surface area contributed by atoms with Crippen molar-refractivity contribution in [2.45, 2.75) is 57.1 Å². The van der Waals surface area contributed by atoms with Crippen LogP contribution in [-0.2, 0) is 4.74 Å². The Morgan fingerprint density at radius 3 is 2.88 bits per heavy atom. The number of rotatable bonds is 5. The van der Waals surface area contributed by atoms with Crippen LogP contribution in [0.1, 0.15) is 51.1 Å². The predicted octanol–water partition coefficient (Wildman–Crippen LogP) is 3.35. The summed E-state index contributed by atoms with van der Waals surface area (Å²) in [6.07, 6.45) is 5.42. The lowest BCUT2D eigenvalue weighted by Gasteiger charge is -2.32. The van der Waals surface area contributed by atoms with Gasteiger partial charge in [-0.2, -0.15) is 0 Å². The minimum atomic E-state index is -0.530. The van der Waals surface area contributed by atoms with Gasteiger partial charge in [0, 0.05) is 29.2 Å². The maximum atomic E-state index is 10.2. The van der Waals surface area contributed by atoms with Gasteiger partial charge in [-0.25, -0.2) is 9.50 Å². The molecule has 6 nitrogen and oxygen atoms in total. The van der Waals surface area contributed by atoms with Gasteiger partial charge >= 0.3 is 0 Å². The minimum Gasteiger partial charge on any atom is -0.390 e. The second kappa shape index (κ2) is 6.98. The van der Waals surface area contributed by atoms with Crippen molar-refractivity contribution in [3.8, 4) is 0 Å². The molecule has 132 valence electrons. The smallest absolute Gasteiger partial charge is 0.241 e. The number of aliphatic hydroxyl groups is 1. The Bertz CT molecular complexity index is 706. The zero-order valence-corrected chi connectivity index (χ0v) is 16.0. The Morgan fingerprint density at radius 2 is 2.21 bits per heavy atom. The van der Waals surface area contributed by atoms with E-state index in [-0.39, 0.29) is 6.04 Å². The van der Waals surface area contributed by atoms with Crippen LogP contribution in [0.15, 0.2) is 16.7 Å². The molecule has 1 unspecified atom stereocenters. The van der Waals surface area contributed by atoms with Gasteiger partial charge in [0.2, 0.25) is 5.95 Å². The Balaban J connectivity index is 1.88. The number of ether oxygens (including phenoxy) is 1. The summed E-state index contributed by atoms with van der Waals surface area (Å²) in [5, 5.41) is 18.1. The lowest BCUT2D eigenvalue weighted by Crippen LogP contribution is -2.30. The Morgan fingerprint density at radius 1 is 1.50 bits per heavy atom. The standard InChI is InChI=1S/C17H25BrN4O2/c1-11(10-24-3)20-16-19-9-15-13(18)8-14(22(15)21-16)12-4-6-17(2,23)7-5-12/h8-9,11-12,23H,4-7,10H2,1-3H3,(H,20,21). The van der Waals surface area contributed by atoms with E-state index in [4.69, 9.17) is 4.74 Å². The summed E-state index contributed by atoms with van der Waals surface area (Å²) in [6, 6.07) is 2.27. The van der Waals surface area contributed by atoms with Gasteiger partial charge in [0.1, 0.15) is 0 Å². The highest BCUT2D eigenvalue weighted by Gasteiger charge is 2.31. The van der Waals surface area contributed by atoms with Crippen LogP contribution in [0.5, 0.6) is 0 Å². The van der Waals surface area contributed by atoms with Crippen LogP contribution in [0.3, 0.4) is 0 Å². The average Bonchev–Trinajstić information content (AvgIpc) is 2.84. The summed E-state index contributed by atoms with van der Waals surface area (Å²) in [7, 11) is 1.68. The van der Waals surface area contributed by atoms with Crippen LogP contribution in [0, 0.1) is 0 Å². The van der Waals surface area contributed by atoms with Crippen molar-refractivity contribution < 1.29 is 9.84 Å². The van der Waals surface area contributed by atoms with Crippen LogP contribution in [-0.4, -0.2) is 45.1 Å². The molecule has 0 aliphatic heterocycles. The molecule has 1 saturated carbocycles. The second-order valence-electron chi connectivity index (χ2n) is 7.07. The lowest BCUT2D eigenvalue weighted by molar-refractivity contribution is 0.0167. The summed E-state index contributed by atoms with van der Waals surface area (Å²) >= 11 is 3.62. The van der Waals surface area contributed by atoms with Crippen molar-refractivity contribution in [3.05, 3.63) is 22.4 Å². The van der Waals surface area contributed by atoms with E-state index in [1.807, 2.05) is 24.6 Å². The van der Waals surface area contributed by atoms with E-state index in [1.54, 1.807) is 7.11 Å². The number of nitrogens with zero attached hydrogens (tertiary/aromatic N) is 3. The molecule has 0 aromatic carbocycles. The van der Waals surface area contributed by atoms with E-state index in [2.05, 4.69) is 37.4 Å². The first-order valence-corrected chi connectivity index (χ1v) is 9.21. The third-order valence-corrected chi connectivity index (χ3v) is 5.40. The highest BCUT2D eigenvalue weighted by molar-refractivity contribution is 9.10. The topological polar surface area (TPSA) is 71.7 Å². The van der Waals surface area contributed by atoms with E-state index in [0.29, 0.717) is 18.5 Å². The van der Waals surface area contributed by atoms with Crippen molar-refractivity contribution in [2.75, 3.05) is 19.0 Å². The van der Waals surface area contributed by atoms with E-state index in [9.17, 15) is 5.11 Å². The van der Waals surface area contributed by atoms with Crippen LogP contribution in [0.4, 0.5) is 5.95 Å². The van der Waals surface area contributed by atoms with E-state index >= 15 is 0 Å². The summed E-state index contributed by atoms with van der Waals surface area (Å²) in [4.78, 5) is 4.40. The Kier molecular flexibility index (Phi) is 5.13. The van der Waals surface area contributed by atoms with Gasteiger partial charge < -0.3 is 15.2 Å². The third-order valence-electron chi connectivity index (χ3n) is 4.77. The van der Waals surface area contributed by atoms with Crippen molar-refractivity contribution in [1.29, 1.82) is 0 Å². The molecule has 2 aromatic rings. The second-order valence-corrected chi connectivity index (χ2v) is 7.92. The van der Waals surface area contributed by atoms with E-state index < -0.39 is 5.60 Å². The normalized spacial score (nSPS) is 25.8. The largest absolute Gasteiger partial charge is 0.390 e. The maximum absolute atomic E-state index is 10.2. The fourth-order valence-corrected chi connectivity index (χ4v) is 3.89. The van der Waals surface area contributed by atoms with Crippen LogP contribution in [0.25, 0.3) is 5.52 Å². The molecule has 1 fully saturated rings. The molecule has 2 N–H and O–H groups in total. The van der Waals surface area contributed by atoms with E-state index in [0.717, 1.165) is 35.7 Å². The zero-order chi connectivity index (χ0) is 17.3. The molecule has 1 aliphatic carbocycles. The highest BCUT2D eigenvalue weighted by Crippen LogP contribution is 2.39. The molecule has 2 aromatic heterocycles. The Labute approximate surface area is 150 Å². The van der Waals surface area contributed by atoms with Crippen LogP contribution < -0.4 is 5.32 Å². The van der Waals surface area contributed by atoms with Crippen LogP contribution in [0.2, 0.25) is 0 Å². The molecule has 0 radical (unpaired) electrons. The van der Waals surface area contributed by atoms with Gasteiger partial charge in [0.05, 0.1) is 23.9 Å². The molecule has 1 atom stereocenters. The van der Waals surface area contributed by atoms with Crippen molar-refractivity contribution in [3.63, 3.8) is 0 Å². The van der Waals surface area contributed by atoms with Gasteiger partial charge in [-0.1, -0.05) is 0 Å². The summed E-state index contributed by atoms with van der Waals surface area (Å²) < 4.78 is 8.13. The van der Waals surface area contributed by atoms with Crippen molar-refractivity contribution >= 4 is 27.4 Å². The number of hydrogen-bond donors (Lipinski definition) is 2. The first-order valence-electron chi connectivity index (χ1n) is 8.41. The molecule has 0 spiro atoms. The zero-order valence-electron chi connectivity index (χ0n) is 14.4. The molecular formula is C17H25BrN4O2.